The Hall–Kier alpha value is -3.55. The molecule has 8 heteroatoms. The van der Waals surface area contributed by atoms with Crippen LogP contribution in [0.2, 0.25) is 0 Å². The molecule has 0 saturated carbocycles. The van der Waals surface area contributed by atoms with E-state index in [-0.39, 0.29) is 5.91 Å². The second-order valence-electron chi connectivity index (χ2n) is 5.72. The summed E-state index contributed by atoms with van der Waals surface area (Å²) < 4.78 is 7.10. The van der Waals surface area contributed by atoms with E-state index in [1.54, 1.807) is 0 Å². The summed E-state index contributed by atoms with van der Waals surface area (Å²) in [6.07, 6.45) is 1.93. The molecule has 1 unspecified atom stereocenters. The number of carbonyl (C=O) groups is 1. The van der Waals surface area contributed by atoms with Crippen molar-refractivity contribution in [3.63, 3.8) is 0 Å². The fourth-order valence-electron chi connectivity index (χ4n) is 2.76. The van der Waals surface area contributed by atoms with Gasteiger partial charge in [-0.25, -0.2) is 9.67 Å². The van der Waals surface area contributed by atoms with Crippen molar-refractivity contribution in [1.82, 2.24) is 30.5 Å². The fourth-order valence-corrected chi connectivity index (χ4v) is 2.76. The maximum absolute atomic E-state index is 12.7. The SMILES string of the molecule is O=C(NCCc1nc2ccccc2o1)C(c1ccccc1)n1cnnn1. The van der Waals surface area contributed by atoms with Crippen LogP contribution in [-0.4, -0.2) is 37.6 Å². The molecule has 1 N–H and O–H groups in total. The molecule has 4 rings (SSSR count). The van der Waals surface area contributed by atoms with E-state index < -0.39 is 6.04 Å². The molecule has 1 amide bonds. The average Bonchev–Trinajstić information content (AvgIpc) is 3.32. The Morgan fingerprint density at radius 1 is 1.12 bits per heavy atom. The van der Waals surface area contributed by atoms with Crippen LogP contribution in [-0.2, 0) is 11.2 Å². The first kappa shape index (κ1) is 15.9. The monoisotopic (exact) mass is 348 g/mol. The van der Waals surface area contributed by atoms with Gasteiger partial charge in [-0.05, 0) is 28.1 Å². The van der Waals surface area contributed by atoms with Crippen LogP contribution in [0.25, 0.3) is 11.1 Å². The number of hydrogen-bond donors (Lipinski definition) is 1. The molecule has 2 aromatic carbocycles. The second-order valence-corrected chi connectivity index (χ2v) is 5.72. The summed E-state index contributed by atoms with van der Waals surface area (Å²) in [6, 6.07) is 16.3. The zero-order chi connectivity index (χ0) is 17.8. The molecule has 2 heterocycles. The summed E-state index contributed by atoms with van der Waals surface area (Å²) in [7, 11) is 0. The number of amides is 1. The normalized spacial score (nSPS) is 12.2. The zero-order valence-electron chi connectivity index (χ0n) is 13.8. The van der Waals surface area contributed by atoms with Gasteiger partial charge in [-0.2, -0.15) is 0 Å². The number of nitrogens with zero attached hydrogens (tertiary/aromatic N) is 5. The van der Waals surface area contributed by atoms with Crippen molar-refractivity contribution in [2.24, 2.45) is 0 Å². The van der Waals surface area contributed by atoms with Crippen LogP contribution >= 0.6 is 0 Å². The third-order valence-electron chi connectivity index (χ3n) is 3.97. The number of benzene rings is 2. The van der Waals surface area contributed by atoms with Crippen molar-refractivity contribution in [2.45, 2.75) is 12.5 Å². The summed E-state index contributed by atoms with van der Waals surface area (Å²) in [5.74, 6) is 0.393. The van der Waals surface area contributed by atoms with E-state index in [1.165, 1.54) is 11.0 Å². The van der Waals surface area contributed by atoms with E-state index in [0.717, 1.165) is 16.7 Å². The van der Waals surface area contributed by atoms with Crippen molar-refractivity contribution in [3.05, 3.63) is 72.4 Å². The summed E-state index contributed by atoms with van der Waals surface area (Å²) in [5, 5.41) is 14.0. The van der Waals surface area contributed by atoms with Gasteiger partial charge in [0.05, 0.1) is 0 Å². The van der Waals surface area contributed by atoms with Crippen LogP contribution in [0.4, 0.5) is 0 Å². The third kappa shape index (κ3) is 3.30. The molecule has 0 fully saturated rings. The Morgan fingerprint density at radius 3 is 2.69 bits per heavy atom. The molecular weight excluding hydrogens is 332 g/mol. The van der Waals surface area contributed by atoms with Crippen LogP contribution < -0.4 is 5.32 Å². The Labute approximate surface area is 148 Å². The highest BCUT2D eigenvalue weighted by Gasteiger charge is 2.23. The minimum absolute atomic E-state index is 0.195. The quantitative estimate of drug-likeness (QED) is 0.570. The van der Waals surface area contributed by atoms with E-state index in [0.29, 0.717) is 18.9 Å². The summed E-state index contributed by atoms with van der Waals surface area (Å²) in [6.45, 7) is 0.400. The molecule has 8 nitrogen and oxygen atoms in total. The third-order valence-corrected chi connectivity index (χ3v) is 3.97. The van der Waals surface area contributed by atoms with Gasteiger partial charge in [0.15, 0.2) is 17.5 Å². The number of aromatic nitrogens is 5. The first-order valence-electron chi connectivity index (χ1n) is 8.21. The van der Waals surface area contributed by atoms with Crippen molar-refractivity contribution in [3.8, 4) is 0 Å². The van der Waals surface area contributed by atoms with E-state index in [1.807, 2.05) is 54.6 Å². The Balaban J connectivity index is 1.45. The van der Waals surface area contributed by atoms with Crippen LogP contribution in [0.15, 0.2) is 65.3 Å². The fraction of sp³-hybridized carbons (Fsp3) is 0.167. The Kier molecular flexibility index (Phi) is 4.38. The van der Waals surface area contributed by atoms with Crippen LogP contribution in [0.1, 0.15) is 17.5 Å². The minimum atomic E-state index is -0.630. The van der Waals surface area contributed by atoms with Gasteiger partial charge in [0.1, 0.15) is 11.8 Å². The molecule has 0 spiro atoms. The van der Waals surface area contributed by atoms with Gasteiger partial charge in [0.2, 0.25) is 5.91 Å². The highest BCUT2D eigenvalue weighted by molar-refractivity contribution is 5.83. The van der Waals surface area contributed by atoms with Crippen molar-refractivity contribution >= 4 is 17.0 Å². The van der Waals surface area contributed by atoms with Gasteiger partial charge >= 0.3 is 0 Å². The predicted molar refractivity (Wildman–Crippen MR) is 93.1 cm³/mol. The number of rotatable bonds is 6. The molecule has 1 atom stereocenters. The zero-order valence-corrected chi connectivity index (χ0v) is 13.8. The van der Waals surface area contributed by atoms with E-state index in [2.05, 4.69) is 25.8 Å². The standard InChI is InChI=1S/C18H16N6O2/c25-18(17(24-12-20-22-23-24)13-6-2-1-3-7-13)19-11-10-16-21-14-8-4-5-9-15(14)26-16/h1-9,12,17H,10-11H2,(H,19,25). The first-order chi connectivity index (χ1) is 12.8. The molecule has 0 aliphatic heterocycles. The van der Waals surface area contributed by atoms with Crippen LogP contribution in [0, 0.1) is 0 Å². The van der Waals surface area contributed by atoms with Gasteiger partial charge in [-0.1, -0.05) is 42.5 Å². The summed E-state index contributed by atoms with van der Waals surface area (Å²) in [5.41, 5.74) is 2.36. The molecular formula is C18H16N6O2. The number of carbonyl (C=O) groups excluding carboxylic acids is 1. The number of hydrogen-bond acceptors (Lipinski definition) is 6. The topological polar surface area (TPSA) is 98.7 Å². The highest BCUT2D eigenvalue weighted by atomic mass is 16.3. The lowest BCUT2D eigenvalue weighted by Gasteiger charge is -2.16. The molecule has 0 saturated heterocycles. The molecule has 4 aromatic rings. The number of para-hydroxylation sites is 2. The van der Waals surface area contributed by atoms with Crippen molar-refractivity contribution < 1.29 is 9.21 Å². The highest BCUT2D eigenvalue weighted by Crippen LogP contribution is 2.17. The van der Waals surface area contributed by atoms with E-state index in [4.69, 9.17) is 4.42 Å². The maximum Gasteiger partial charge on any atom is 0.249 e. The lowest BCUT2D eigenvalue weighted by molar-refractivity contribution is -0.123. The predicted octanol–water partition coefficient (Wildman–Crippen LogP) is 1.76. The van der Waals surface area contributed by atoms with Crippen molar-refractivity contribution in [2.75, 3.05) is 6.54 Å². The lowest BCUT2D eigenvalue weighted by atomic mass is 10.1. The van der Waals surface area contributed by atoms with E-state index in [9.17, 15) is 4.79 Å². The van der Waals surface area contributed by atoms with Gasteiger partial charge in [0.25, 0.3) is 0 Å². The number of oxazole rings is 1. The second kappa shape index (κ2) is 7.14. The van der Waals surface area contributed by atoms with Gasteiger partial charge < -0.3 is 9.73 Å². The average molecular weight is 348 g/mol. The Bertz CT molecular complexity index is 964. The molecule has 2 aromatic heterocycles. The summed E-state index contributed by atoms with van der Waals surface area (Å²) in [4.78, 5) is 17.1. The molecule has 0 radical (unpaired) electrons. The maximum atomic E-state index is 12.7. The lowest BCUT2D eigenvalue weighted by Crippen LogP contribution is -2.34. The number of nitrogens with one attached hydrogen (secondary N) is 1. The van der Waals surface area contributed by atoms with Gasteiger partial charge in [0, 0.05) is 13.0 Å². The van der Waals surface area contributed by atoms with Crippen molar-refractivity contribution in [1.29, 1.82) is 0 Å². The van der Waals surface area contributed by atoms with Gasteiger partial charge in [-0.3, -0.25) is 4.79 Å². The molecule has 0 aliphatic rings. The Morgan fingerprint density at radius 2 is 1.92 bits per heavy atom. The minimum Gasteiger partial charge on any atom is -0.441 e. The number of tetrazole rings is 1. The van der Waals surface area contributed by atoms with E-state index >= 15 is 0 Å². The number of fused-ring (bicyclic) bond motifs is 1. The smallest absolute Gasteiger partial charge is 0.249 e. The molecule has 130 valence electrons. The summed E-state index contributed by atoms with van der Waals surface area (Å²) >= 11 is 0. The molecule has 0 aliphatic carbocycles. The van der Waals surface area contributed by atoms with Crippen LogP contribution in [0.5, 0.6) is 0 Å². The molecule has 0 bridgehead atoms. The first-order valence-corrected chi connectivity index (χ1v) is 8.21. The molecule has 26 heavy (non-hydrogen) atoms. The van der Waals surface area contributed by atoms with Crippen LogP contribution in [0.3, 0.4) is 0 Å². The largest absolute Gasteiger partial charge is 0.441 e. The van der Waals surface area contributed by atoms with Gasteiger partial charge in [-0.15, -0.1) is 5.10 Å².